The molecule has 11 heteroatoms. The van der Waals surface area contributed by atoms with Crippen molar-refractivity contribution in [1.82, 2.24) is 0 Å². The van der Waals surface area contributed by atoms with Gasteiger partial charge in [-0.1, -0.05) is 18.2 Å². The summed E-state index contributed by atoms with van der Waals surface area (Å²) in [5, 5.41) is 60.3. The van der Waals surface area contributed by atoms with E-state index in [9.17, 15) is 35.4 Å². The molecule has 164 valence electrons. The lowest BCUT2D eigenvalue weighted by Crippen LogP contribution is -2.67. The van der Waals surface area contributed by atoms with E-state index in [1.54, 1.807) is 24.3 Å². The second kappa shape index (κ2) is 8.19. The van der Waals surface area contributed by atoms with Gasteiger partial charge in [0.1, 0.15) is 30.5 Å². The normalized spacial score (nSPS) is 43.4. The van der Waals surface area contributed by atoms with Gasteiger partial charge in [-0.3, -0.25) is 0 Å². The molecule has 4 rings (SSSR count). The summed E-state index contributed by atoms with van der Waals surface area (Å²) in [5.74, 6) is -2.42. The number of carbonyl (C=O) groups is 1. The second-order valence-electron chi connectivity index (χ2n) is 7.53. The van der Waals surface area contributed by atoms with Crippen LogP contribution in [0.5, 0.6) is 0 Å². The molecule has 0 radical (unpaired) electrons. The lowest BCUT2D eigenvalue weighted by atomic mass is 9.78. The Labute approximate surface area is 170 Å². The molecule has 2 saturated heterocycles. The van der Waals surface area contributed by atoms with Crippen LogP contribution in [-0.4, -0.2) is 104 Å². The number of carboxylic acids is 1. The van der Waals surface area contributed by atoms with Crippen LogP contribution in [0.1, 0.15) is 5.56 Å². The topological polar surface area (TPSA) is 178 Å². The van der Waals surface area contributed by atoms with Gasteiger partial charge in [0.15, 0.2) is 6.10 Å². The molecule has 2 fully saturated rings. The molecule has 0 bridgehead atoms. The molecule has 10 atom stereocenters. The zero-order valence-corrected chi connectivity index (χ0v) is 15.6. The first-order valence-corrected chi connectivity index (χ1v) is 9.50. The van der Waals surface area contributed by atoms with Crippen molar-refractivity contribution in [1.29, 1.82) is 0 Å². The van der Waals surface area contributed by atoms with Gasteiger partial charge in [-0.25, -0.2) is 9.79 Å². The SMILES string of the molecule is O=C(O)[C@H]1O[C@@H](C2[C@@H](O)[C@@H](CO)O[C@@H]3OC(c4ccccc4)=N[C@H]23)[C@H](O)[C@@H](O)[C@@H]1O. The Morgan fingerprint density at radius 3 is 2.30 bits per heavy atom. The average Bonchev–Trinajstić information content (AvgIpc) is 3.16. The molecule has 0 saturated carbocycles. The van der Waals surface area contributed by atoms with Crippen LogP contribution in [0.3, 0.4) is 0 Å². The number of nitrogens with zero attached hydrogens (tertiary/aromatic N) is 1. The van der Waals surface area contributed by atoms with Crippen molar-refractivity contribution in [3.05, 3.63) is 35.9 Å². The highest BCUT2D eigenvalue weighted by Gasteiger charge is 2.58. The number of carboxylic acid groups (broad SMARTS) is 1. The minimum atomic E-state index is -1.86. The third kappa shape index (κ3) is 3.48. The van der Waals surface area contributed by atoms with Gasteiger partial charge in [0, 0.05) is 11.5 Å². The van der Waals surface area contributed by atoms with Gasteiger partial charge in [-0.2, -0.15) is 0 Å². The maximum Gasteiger partial charge on any atom is 0.335 e. The Morgan fingerprint density at radius 2 is 1.67 bits per heavy atom. The first kappa shape index (κ1) is 21.1. The van der Waals surface area contributed by atoms with Crippen molar-refractivity contribution < 1.29 is 49.6 Å². The summed E-state index contributed by atoms with van der Waals surface area (Å²) in [4.78, 5) is 15.9. The van der Waals surface area contributed by atoms with E-state index >= 15 is 0 Å². The first-order chi connectivity index (χ1) is 14.3. The summed E-state index contributed by atoms with van der Waals surface area (Å²) in [6.45, 7) is -0.582. The molecule has 0 spiro atoms. The van der Waals surface area contributed by atoms with Crippen molar-refractivity contribution in [3.8, 4) is 0 Å². The summed E-state index contributed by atoms with van der Waals surface area (Å²) in [6, 6.07) is 7.93. The van der Waals surface area contributed by atoms with Crippen molar-refractivity contribution in [3.63, 3.8) is 0 Å². The predicted molar refractivity (Wildman–Crippen MR) is 97.4 cm³/mol. The van der Waals surface area contributed by atoms with E-state index in [0.717, 1.165) is 0 Å². The predicted octanol–water partition coefficient (Wildman–Crippen LogP) is -2.54. The summed E-state index contributed by atoms with van der Waals surface area (Å²) >= 11 is 0. The van der Waals surface area contributed by atoms with Gasteiger partial charge >= 0.3 is 5.97 Å². The number of aliphatic imine (C=N–C) groups is 1. The number of aliphatic carboxylic acids is 1. The zero-order chi connectivity index (χ0) is 21.6. The number of aliphatic hydroxyl groups is 5. The van der Waals surface area contributed by atoms with Crippen LogP contribution in [-0.2, 0) is 19.0 Å². The monoisotopic (exact) mass is 425 g/mol. The molecule has 3 aliphatic heterocycles. The van der Waals surface area contributed by atoms with Crippen LogP contribution in [0.25, 0.3) is 0 Å². The minimum absolute atomic E-state index is 0.210. The fourth-order valence-corrected chi connectivity index (χ4v) is 4.18. The zero-order valence-electron chi connectivity index (χ0n) is 15.6. The molecule has 0 aromatic heterocycles. The van der Waals surface area contributed by atoms with Gasteiger partial charge in [0.05, 0.1) is 18.8 Å². The number of benzene rings is 1. The Kier molecular flexibility index (Phi) is 5.77. The number of rotatable bonds is 4. The lowest BCUT2D eigenvalue weighted by molar-refractivity contribution is -0.279. The van der Waals surface area contributed by atoms with E-state index in [1.165, 1.54) is 0 Å². The molecule has 1 aromatic carbocycles. The Bertz CT molecular complexity index is 804. The van der Waals surface area contributed by atoms with Crippen molar-refractivity contribution in [2.24, 2.45) is 10.9 Å². The largest absolute Gasteiger partial charge is 0.479 e. The fourth-order valence-electron chi connectivity index (χ4n) is 4.18. The van der Waals surface area contributed by atoms with E-state index < -0.39 is 73.6 Å². The molecule has 3 heterocycles. The molecule has 0 aliphatic carbocycles. The molecule has 11 nitrogen and oxygen atoms in total. The van der Waals surface area contributed by atoms with E-state index in [0.29, 0.717) is 5.56 Å². The van der Waals surface area contributed by atoms with Crippen LogP contribution in [0.2, 0.25) is 0 Å². The average molecular weight is 425 g/mol. The molecule has 1 aromatic rings. The number of hydrogen-bond donors (Lipinski definition) is 6. The number of aliphatic hydroxyl groups excluding tert-OH is 5. The lowest BCUT2D eigenvalue weighted by Gasteiger charge is -2.48. The highest BCUT2D eigenvalue weighted by atomic mass is 16.7. The van der Waals surface area contributed by atoms with Crippen LogP contribution in [0.4, 0.5) is 0 Å². The summed E-state index contributed by atoms with van der Waals surface area (Å²) in [7, 11) is 0. The van der Waals surface area contributed by atoms with Crippen LogP contribution >= 0.6 is 0 Å². The van der Waals surface area contributed by atoms with Gasteiger partial charge in [-0.15, -0.1) is 0 Å². The summed E-state index contributed by atoms with van der Waals surface area (Å²) < 4.78 is 16.8. The quantitative estimate of drug-likeness (QED) is 0.301. The fraction of sp³-hybridized carbons (Fsp3) is 0.579. The Hall–Kier alpha value is -2.12. The molecule has 30 heavy (non-hydrogen) atoms. The van der Waals surface area contributed by atoms with E-state index in [4.69, 9.17) is 14.2 Å². The van der Waals surface area contributed by atoms with E-state index in [-0.39, 0.29) is 5.90 Å². The number of fused-ring (bicyclic) bond motifs is 1. The third-order valence-electron chi connectivity index (χ3n) is 5.73. The van der Waals surface area contributed by atoms with E-state index in [2.05, 4.69) is 4.99 Å². The van der Waals surface area contributed by atoms with Crippen molar-refractivity contribution in [2.75, 3.05) is 6.61 Å². The van der Waals surface area contributed by atoms with Gasteiger partial charge in [0.25, 0.3) is 0 Å². The maximum atomic E-state index is 11.5. The van der Waals surface area contributed by atoms with Gasteiger partial charge in [-0.05, 0) is 12.1 Å². The first-order valence-electron chi connectivity index (χ1n) is 9.50. The highest BCUT2D eigenvalue weighted by Crippen LogP contribution is 2.40. The molecule has 6 N–H and O–H groups in total. The summed E-state index contributed by atoms with van der Waals surface area (Å²) in [6.07, 6.45) is -12.2. The highest BCUT2D eigenvalue weighted by molar-refractivity contribution is 5.95. The Morgan fingerprint density at radius 1 is 0.967 bits per heavy atom. The molecule has 1 unspecified atom stereocenters. The Balaban J connectivity index is 1.70. The summed E-state index contributed by atoms with van der Waals surface area (Å²) in [5.41, 5.74) is 0.633. The molecule has 3 aliphatic rings. The molecular weight excluding hydrogens is 402 g/mol. The minimum Gasteiger partial charge on any atom is -0.479 e. The maximum absolute atomic E-state index is 11.5. The standard InChI is InChI=1S/C19H23NO10/c21-6-8-11(22)9(15-13(24)12(23)14(25)16(29-15)18(26)27)10-19(28-8)30-17(20-10)7-4-2-1-3-5-7/h1-5,8-16,19,21-25H,6H2,(H,26,27)/t8-,9?,10-,11+,12-,13-,14+,15+,16+,19-/m1/s1. The third-order valence-corrected chi connectivity index (χ3v) is 5.73. The smallest absolute Gasteiger partial charge is 0.335 e. The van der Waals surface area contributed by atoms with Gasteiger partial charge < -0.3 is 44.8 Å². The van der Waals surface area contributed by atoms with Crippen LogP contribution < -0.4 is 0 Å². The van der Waals surface area contributed by atoms with Crippen molar-refractivity contribution in [2.45, 2.75) is 55.1 Å². The number of hydrogen-bond acceptors (Lipinski definition) is 10. The number of ether oxygens (including phenoxy) is 3. The van der Waals surface area contributed by atoms with Crippen molar-refractivity contribution >= 4 is 11.9 Å². The molecular formula is C19H23NO10. The van der Waals surface area contributed by atoms with E-state index in [1.807, 2.05) is 6.07 Å². The second-order valence-corrected chi connectivity index (χ2v) is 7.53. The van der Waals surface area contributed by atoms with Crippen LogP contribution in [0.15, 0.2) is 35.3 Å². The van der Waals surface area contributed by atoms with Crippen LogP contribution in [0, 0.1) is 5.92 Å². The molecule has 0 amide bonds. The van der Waals surface area contributed by atoms with Gasteiger partial charge in [0.2, 0.25) is 12.2 Å².